The number of hydrogen-bond donors (Lipinski definition) is 3. The molecule has 1 aliphatic carbocycles. The second kappa shape index (κ2) is 8.32. The highest BCUT2D eigenvalue weighted by molar-refractivity contribution is 9.10. The standard InChI is InChI=1S/C17H22BrN3O2.ClH/c18-13-3-1-12(2-4-13)15(22)20-9-10-21-16(23)14-11-17(14)5-7-19-8-6-17;/h1-4,14,19H,5-11H2,(H,20,22)(H,21,23);1H. The molecule has 2 aliphatic rings. The van der Waals surface area contributed by atoms with Crippen LogP contribution in [-0.4, -0.2) is 38.0 Å². The third-order valence-corrected chi connectivity index (χ3v) is 5.45. The van der Waals surface area contributed by atoms with Crippen LogP contribution < -0.4 is 16.0 Å². The molecule has 5 nitrogen and oxygen atoms in total. The minimum Gasteiger partial charge on any atom is -0.354 e. The lowest BCUT2D eigenvalue weighted by atomic mass is 9.92. The van der Waals surface area contributed by atoms with Gasteiger partial charge in [-0.25, -0.2) is 0 Å². The zero-order chi connectivity index (χ0) is 16.3. The molecule has 1 spiro atoms. The summed E-state index contributed by atoms with van der Waals surface area (Å²) in [5.41, 5.74) is 0.881. The minimum atomic E-state index is -0.118. The van der Waals surface area contributed by atoms with Crippen molar-refractivity contribution in [1.29, 1.82) is 0 Å². The van der Waals surface area contributed by atoms with E-state index in [0.717, 1.165) is 36.8 Å². The number of nitrogens with one attached hydrogen (secondary N) is 3. The maximum absolute atomic E-state index is 12.2. The Balaban J connectivity index is 0.00000208. The minimum absolute atomic E-state index is 0. The van der Waals surface area contributed by atoms with Crippen LogP contribution in [0.25, 0.3) is 0 Å². The fraction of sp³-hybridized carbons (Fsp3) is 0.529. The molecule has 2 fully saturated rings. The number of carbonyl (C=O) groups is 2. The molecule has 0 bridgehead atoms. The Kier molecular flexibility index (Phi) is 6.66. The summed E-state index contributed by atoms with van der Waals surface area (Å²) in [5, 5.41) is 9.12. The quantitative estimate of drug-likeness (QED) is 0.644. The fourth-order valence-corrected chi connectivity index (χ4v) is 3.65. The van der Waals surface area contributed by atoms with Crippen LogP contribution in [-0.2, 0) is 4.79 Å². The van der Waals surface area contributed by atoms with Gasteiger partial charge in [0.2, 0.25) is 5.91 Å². The van der Waals surface area contributed by atoms with Crippen molar-refractivity contribution in [3.8, 4) is 0 Å². The average molecular weight is 417 g/mol. The Labute approximate surface area is 156 Å². The van der Waals surface area contributed by atoms with Crippen molar-refractivity contribution in [3.63, 3.8) is 0 Å². The van der Waals surface area contributed by atoms with Crippen LogP contribution in [0.15, 0.2) is 28.7 Å². The molecule has 24 heavy (non-hydrogen) atoms. The summed E-state index contributed by atoms with van der Waals surface area (Å²) in [5.74, 6) is 0.199. The molecule has 2 amide bonds. The lowest BCUT2D eigenvalue weighted by Gasteiger charge is -2.23. The summed E-state index contributed by atoms with van der Waals surface area (Å²) in [6.07, 6.45) is 3.22. The van der Waals surface area contributed by atoms with Gasteiger partial charge in [0.25, 0.3) is 5.91 Å². The van der Waals surface area contributed by atoms with Crippen molar-refractivity contribution < 1.29 is 9.59 Å². The van der Waals surface area contributed by atoms with Gasteiger partial charge in [-0.05, 0) is 62.0 Å². The lowest BCUT2D eigenvalue weighted by molar-refractivity contribution is -0.123. The van der Waals surface area contributed by atoms with E-state index in [1.54, 1.807) is 12.1 Å². The van der Waals surface area contributed by atoms with Crippen LogP contribution in [0.1, 0.15) is 29.6 Å². The summed E-state index contributed by atoms with van der Waals surface area (Å²) in [4.78, 5) is 24.1. The number of benzene rings is 1. The van der Waals surface area contributed by atoms with E-state index in [1.165, 1.54) is 0 Å². The van der Waals surface area contributed by atoms with E-state index in [0.29, 0.717) is 18.7 Å². The van der Waals surface area contributed by atoms with Gasteiger partial charge in [0, 0.05) is 29.0 Å². The largest absolute Gasteiger partial charge is 0.354 e. The summed E-state index contributed by atoms with van der Waals surface area (Å²) in [6, 6.07) is 7.21. The van der Waals surface area contributed by atoms with Crippen molar-refractivity contribution in [2.75, 3.05) is 26.2 Å². The Morgan fingerprint density at radius 3 is 2.42 bits per heavy atom. The number of halogens is 2. The van der Waals surface area contributed by atoms with Gasteiger partial charge in [0.05, 0.1) is 0 Å². The first-order chi connectivity index (χ1) is 11.1. The number of carbonyl (C=O) groups excluding carboxylic acids is 2. The van der Waals surface area contributed by atoms with E-state index in [2.05, 4.69) is 31.9 Å². The molecule has 1 heterocycles. The van der Waals surface area contributed by atoms with E-state index in [4.69, 9.17) is 0 Å². The number of amides is 2. The highest BCUT2D eigenvalue weighted by atomic mass is 79.9. The molecule has 1 unspecified atom stereocenters. The summed E-state index contributed by atoms with van der Waals surface area (Å²) < 4.78 is 0.942. The predicted molar refractivity (Wildman–Crippen MR) is 99.4 cm³/mol. The van der Waals surface area contributed by atoms with Crippen LogP contribution in [0.2, 0.25) is 0 Å². The van der Waals surface area contributed by atoms with Gasteiger partial charge in [-0.3, -0.25) is 9.59 Å². The summed E-state index contributed by atoms with van der Waals surface area (Å²) in [7, 11) is 0. The topological polar surface area (TPSA) is 70.2 Å². The molecule has 3 rings (SSSR count). The molecule has 1 saturated heterocycles. The monoisotopic (exact) mass is 415 g/mol. The van der Waals surface area contributed by atoms with Crippen LogP contribution in [0.4, 0.5) is 0 Å². The van der Waals surface area contributed by atoms with Crippen molar-refractivity contribution in [2.45, 2.75) is 19.3 Å². The average Bonchev–Trinajstić information content (AvgIpc) is 3.25. The summed E-state index contributed by atoms with van der Waals surface area (Å²) >= 11 is 3.34. The Morgan fingerprint density at radius 1 is 1.12 bits per heavy atom. The number of hydrogen-bond acceptors (Lipinski definition) is 3. The second-order valence-electron chi connectivity index (χ2n) is 6.42. The van der Waals surface area contributed by atoms with Crippen LogP contribution in [0.3, 0.4) is 0 Å². The van der Waals surface area contributed by atoms with Crippen LogP contribution in [0.5, 0.6) is 0 Å². The molecule has 3 N–H and O–H groups in total. The first-order valence-corrected chi connectivity index (χ1v) is 8.92. The van der Waals surface area contributed by atoms with E-state index >= 15 is 0 Å². The molecule has 1 aliphatic heterocycles. The molecular weight excluding hydrogens is 394 g/mol. The van der Waals surface area contributed by atoms with Crippen molar-refractivity contribution >= 4 is 40.2 Å². The van der Waals surface area contributed by atoms with Gasteiger partial charge in [-0.15, -0.1) is 12.4 Å². The fourth-order valence-electron chi connectivity index (χ4n) is 3.38. The molecule has 1 atom stereocenters. The van der Waals surface area contributed by atoms with Crippen LogP contribution in [0, 0.1) is 11.3 Å². The molecule has 0 aromatic heterocycles. The third-order valence-electron chi connectivity index (χ3n) is 4.92. The Hall–Kier alpha value is -1.11. The molecular formula is C17H23BrClN3O2. The first kappa shape index (κ1) is 19.2. The highest BCUT2D eigenvalue weighted by Gasteiger charge is 2.57. The van der Waals surface area contributed by atoms with Gasteiger partial charge in [0.15, 0.2) is 0 Å². The zero-order valence-electron chi connectivity index (χ0n) is 13.4. The highest BCUT2D eigenvalue weighted by Crippen LogP contribution is 2.58. The summed E-state index contributed by atoms with van der Waals surface area (Å²) in [6.45, 7) is 2.97. The Morgan fingerprint density at radius 2 is 1.75 bits per heavy atom. The van der Waals surface area contributed by atoms with Gasteiger partial charge >= 0.3 is 0 Å². The van der Waals surface area contributed by atoms with E-state index < -0.39 is 0 Å². The van der Waals surface area contributed by atoms with Gasteiger partial charge in [0.1, 0.15) is 0 Å². The van der Waals surface area contributed by atoms with Gasteiger partial charge < -0.3 is 16.0 Å². The van der Waals surface area contributed by atoms with E-state index in [9.17, 15) is 9.59 Å². The van der Waals surface area contributed by atoms with Crippen LogP contribution >= 0.6 is 28.3 Å². The molecule has 0 radical (unpaired) electrons. The number of piperidine rings is 1. The van der Waals surface area contributed by atoms with Crippen molar-refractivity contribution in [2.24, 2.45) is 11.3 Å². The molecule has 7 heteroatoms. The van der Waals surface area contributed by atoms with Gasteiger partial charge in [-0.1, -0.05) is 15.9 Å². The first-order valence-electron chi connectivity index (χ1n) is 8.13. The molecule has 1 aromatic rings. The normalized spacial score (nSPS) is 20.8. The second-order valence-corrected chi connectivity index (χ2v) is 7.34. The lowest BCUT2D eigenvalue weighted by Crippen LogP contribution is -2.37. The smallest absolute Gasteiger partial charge is 0.251 e. The molecule has 1 aromatic carbocycles. The third kappa shape index (κ3) is 4.49. The number of rotatable bonds is 5. The van der Waals surface area contributed by atoms with Crippen molar-refractivity contribution in [1.82, 2.24) is 16.0 Å². The molecule has 132 valence electrons. The maximum atomic E-state index is 12.2. The zero-order valence-corrected chi connectivity index (χ0v) is 15.8. The Bertz CT molecular complexity index is 588. The van der Waals surface area contributed by atoms with E-state index in [-0.39, 0.29) is 35.6 Å². The maximum Gasteiger partial charge on any atom is 0.251 e. The van der Waals surface area contributed by atoms with E-state index in [1.807, 2.05) is 12.1 Å². The molecule has 1 saturated carbocycles. The predicted octanol–water partition coefficient (Wildman–Crippen LogP) is 2.11. The SMILES string of the molecule is Cl.O=C(NCCNC(=O)C1CC12CCNCC2)c1ccc(Br)cc1. The van der Waals surface area contributed by atoms with Crippen molar-refractivity contribution in [3.05, 3.63) is 34.3 Å². The van der Waals surface area contributed by atoms with Gasteiger partial charge in [-0.2, -0.15) is 0 Å².